The van der Waals surface area contributed by atoms with Crippen molar-refractivity contribution in [1.82, 2.24) is 4.98 Å². The van der Waals surface area contributed by atoms with Gasteiger partial charge in [-0.25, -0.2) is 0 Å². The Morgan fingerprint density at radius 2 is 2.04 bits per heavy atom. The topological polar surface area (TPSA) is 95.8 Å². The standard InChI is InChI=1S/C18H19N3O3/c22-18(13-4-3-5-15(10-13)21(23)24)12-19-9-8-14-11-20-17-7-2-1-6-16(14)17/h1-7,10-11,18-20,22H,8-9,12H2/p+1. The van der Waals surface area contributed by atoms with Gasteiger partial charge in [-0.3, -0.25) is 10.1 Å². The molecule has 3 aromatic rings. The van der Waals surface area contributed by atoms with Crippen molar-refractivity contribution < 1.29 is 15.3 Å². The van der Waals surface area contributed by atoms with Crippen LogP contribution < -0.4 is 5.32 Å². The van der Waals surface area contributed by atoms with Gasteiger partial charge in [0, 0.05) is 35.7 Å². The molecule has 2 aromatic carbocycles. The summed E-state index contributed by atoms with van der Waals surface area (Å²) in [4.78, 5) is 13.6. The lowest BCUT2D eigenvalue weighted by Gasteiger charge is -2.09. The summed E-state index contributed by atoms with van der Waals surface area (Å²) < 4.78 is 0. The lowest BCUT2D eigenvalue weighted by Crippen LogP contribution is -2.85. The quantitative estimate of drug-likeness (QED) is 0.351. The smallest absolute Gasteiger partial charge is 0.269 e. The largest absolute Gasteiger partial charge is 0.382 e. The van der Waals surface area contributed by atoms with Crippen molar-refractivity contribution in [3.63, 3.8) is 0 Å². The third-order valence-corrected chi connectivity index (χ3v) is 4.15. The minimum Gasteiger partial charge on any atom is -0.382 e. The zero-order valence-corrected chi connectivity index (χ0v) is 13.2. The number of quaternary nitrogens is 1. The van der Waals surface area contributed by atoms with E-state index < -0.39 is 11.0 Å². The van der Waals surface area contributed by atoms with Crippen LogP contribution in [0.25, 0.3) is 10.9 Å². The van der Waals surface area contributed by atoms with Crippen molar-refractivity contribution in [3.05, 3.63) is 76.0 Å². The van der Waals surface area contributed by atoms with E-state index in [-0.39, 0.29) is 5.69 Å². The third kappa shape index (κ3) is 3.61. The summed E-state index contributed by atoms with van der Waals surface area (Å²) in [5.74, 6) is 0. The van der Waals surface area contributed by atoms with Gasteiger partial charge in [0.05, 0.1) is 11.5 Å². The number of nitrogens with two attached hydrogens (primary N) is 1. The van der Waals surface area contributed by atoms with Gasteiger partial charge in [0.1, 0.15) is 12.6 Å². The highest BCUT2D eigenvalue weighted by Gasteiger charge is 2.14. The number of H-pyrrole nitrogens is 1. The number of non-ortho nitro benzene ring substituents is 1. The predicted octanol–water partition coefficient (Wildman–Crippen LogP) is 1.92. The van der Waals surface area contributed by atoms with Gasteiger partial charge in [0.2, 0.25) is 0 Å². The zero-order chi connectivity index (χ0) is 16.9. The average molecular weight is 326 g/mol. The van der Waals surface area contributed by atoms with Gasteiger partial charge in [-0.1, -0.05) is 30.3 Å². The van der Waals surface area contributed by atoms with Crippen molar-refractivity contribution >= 4 is 16.6 Å². The second-order valence-corrected chi connectivity index (χ2v) is 5.79. The van der Waals surface area contributed by atoms with Crippen molar-refractivity contribution in [1.29, 1.82) is 0 Å². The minimum absolute atomic E-state index is 0.00495. The molecule has 0 aliphatic heterocycles. The SMILES string of the molecule is O=[N+]([O-])c1cccc(C(O)C[NH2+]CCc2c[nH]c3ccccc23)c1. The van der Waals surface area contributed by atoms with Crippen LogP contribution in [-0.4, -0.2) is 28.1 Å². The number of aliphatic hydroxyl groups is 1. The molecule has 0 radical (unpaired) electrons. The lowest BCUT2D eigenvalue weighted by atomic mass is 10.1. The Hall–Kier alpha value is -2.70. The number of para-hydroxylation sites is 1. The second-order valence-electron chi connectivity index (χ2n) is 5.79. The summed E-state index contributed by atoms with van der Waals surface area (Å²) >= 11 is 0. The number of hydrogen-bond donors (Lipinski definition) is 3. The van der Waals surface area contributed by atoms with Crippen LogP contribution in [0.5, 0.6) is 0 Å². The number of fused-ring (bicyclic) bond motifs is 1. The highest BCUT2D eigenvalue weighted by molar-refractivity contribution is 5.82. The van der Waals surface area contributed by atoms with Crippen LogP contribution in [-0.2, 0) is 6.42 Å². The molecule has 0 fully saturated rings. The number of rotatable bonds is 7. The lowest BCUT2D eigenvalue weighted by molar-refractivity contribution is -0.661. The number of nitrogens with zero attached hydrogens (tertiary/aromatic N) is 1. The summed E-state index contributed by atoms with van der Waals surface area (Å²) in [6.07, 6.45) is 2.20. The molecule has 1 atom stereocenters. The summed E-state index contributed by atoms with van der Waals surface area (Å²) in [6.45, 7) is 1.32. The van der Waals surface area contributed by atoms with Crippen LogP contribution in [0.15, 0.2) is 54.7 Å². The van der Waals surface area contributed by atoms with Crippen LogP contribution in [0.1, 0.15) is 17.2 Å². The molecule has 6 heteroatoms. The van der Waals surface area contributed by atoms with Gasteiger partial charge >= 0.3 is 0 Å². The highest BCUT2D eigenvalue weighted by atomic mass is 16.6. The molecular formula is C18H20N3O3+. The Morgan fingerprint density at radius 1 is 1.21 bits per heavy atom. The van der Waals surface area contributed by atoms with E-state index in [1.807, 2.05) is 23.6 Å². The van der Waals surface area contributed by atoms with Gasteiger partial charge in [-0.15, -0.1) is 0 Å². The Bertz CT molecular complexity index is 844. The highest BCUT2D eigenvalue weighted by Crippen LogP contribution is 2.19. The van der Waals surface area contributed by atoms with Gasteiger partial charge in [0.15, 0.2) is 0 Å². The fourth-order valence-corrected chi connectivity index (χ4v) is 2.85. The first-order valence-corrected chi connectivity index (χ1v) is 7.94. The van der Waals surface area contributed by atoms with E-state index in [0.717, 1.165) is 18.5 Å². The number of benzene rings is 2. The first-order chi connectivity index (χ1) is 11.6. The van der Waals surface area contributed by atoms with Crippen molar-refractivity contribution in [2.45, 2.75) is 12.5 Å². The third-order valence-electron chi connectivity index (χ3n) is 4.15. The molecule has 1 aromatic heterocycles. The normalized spacial score (nSPS) is 12.4. The van der Waals surface area contributed by atoms with E-state index >= 15 is 0 Å². The Kier molecular flexibility index (Phi) is 4.88. The van der Waals surface area contributed by atoms with Crippen molar-refractivity contribution in [3.8, 4) is 0 Å². The number of aromatic nitrogens is 1. The molecule has 124 valence electrons. The summed E-state index contributed by atoms with van der Waals surface area (Å²) in [5, 5.41) is 24.2. The van der Waals surface area contributed by atoms with Crippen LogP contribution in [0.4, 0.5) is 5.69 Å². The summed E-state index contributed by atoms with van der Waals surface area (Å²) in [6, 6.07) is 14.3. The molecule has 0 amide bonds. The van der Waals surface area contributed by atoms with Crippen LogP contribution in [0, 0.1) is 10.1 Å². The first-order valence-electron chi connectivity index (χ1n) is 7.94. The Morgan fingerprint density at radius 3 is 2.88 bits per heavy atom. The average Bonchev–Trinajstić information content (AvgIpc) is 3.02. The molecule has 0 saturated carbocycles. The molecule has 0 saturated heterocycles. The number of nitro groups is 1. The van der Waals surface area contributed by atoms with E-state index in [2.05, 4.69) is 17.1 Å². The van der Waals surface area contributed by atoms with Gasteiger partial charge < -0.3 is 15.4 Å². The molecule has 4 N–H and O–H groups in total. The van der Waals surface area contributed by atoms with Gasteiger partial charge in [-0.05, 0) is 17.2 Å². The van der Waals surface area contributed by atoms with E-state index in [9.17, 15) is 15.2 Å². The summed E-state index contributed by atoms with van der Waals surface area (Å²) in [7, 11) is 0. The molecule has 1 unspecified atom stereocenters. The number of nitrogens with one attached hydrogen (secondary N) is 1. The summed E-state index contributed by atoms with van der Waals surface area (Å²) in [5.41, 5.74) is 2.97. The molecule has 0 bridgehead atoms. The minimum atomic E-state index is -0.715. The monoisotopic (exact) mass is 326 g/mol. The first kappa shape index (κ1) is 16.2. The molecule has 0 aliphatic carbocycles. The molecule has 24 heavy (non-hydrogen) atoms. The molecule has 6 nitrogen and oxygen atoms in total. The molecule has 0 aliphatic rings. The predicted molar refractivity (Wildman–Crippen MR) is 91.7 cm³/mol. The van der Waals surface area contributed by atoms with E-state index in [4.69, 9.17) is 0 Å². The molecule has 1 heterocycles. The second kappa shape index (κ2) is 7.25. The fraction of sp³-hybridized carbons (Fsp3) is 0.222. The van der Waals surface area contributed by atoms with Crippen molar-refractivity contribution in [2.75, 3.05) is 13.1 Å². The van der Waals surface area contributed by atoms with Gasteiger partial charge in [0.25, 0.3) is 5.69 Å². The van der Waals surface area contributed by atoms with Crippen LogP contribution in [0.3, 0.4) is 0 Å². The Balaban J connectivity index is 1.53. The maximum absolute atomic E-state index is 10.8. The van der Waals surface area contributed by atoms with E-state index in [1.54, 1.807) is 12.1 Å². The van der Waals surface area contributed by atoms with Crippen molar-refractivity contribution in [2.24, 2.45) is 0 Å². The Labute approximate surface area is 139 Å². The van der Waals surface area contributed by atoms with Crippen LogP contribution >= 0.6 is 0 Å². The maximum Gasteiger partial charge on any atom is 0.269 e. The fourth-order valence-electron chi connectivity index (χ4n) is 2.85. The number of hydrogen-bond acceptors (Lipinski definition) is 3. The molecule has 0 spiro atoms. The number of aromatic amines is 1. The van der Waals surface area contributed by atoms with Gasteiger partial charge in [-0.2, -0.15) is 0 Å². The number of nitro benzene ring substituents is 1. The van der Waals surface area contributed by atoms with Crippen LogP contribution in [0.2, 0.25) is 0 Å². The number of aliphatic hydroxyl groups excluding tert-OH is 1. The molecule has 3 rings (SSSR count). The zero-order valence-electron chi connectivity index (χ0n) is 13.2. The maximum atomic E-state index is 10.8. The van der Waals surface area contributed by atoms with E-state index in [1.165, 1.54) is 23.1 Å². The van der Waals surface area contributed by atoms with E-state index in [0.29, 0.717) is 12.1 Å². The molecular weight excluding hydrogens is 306 g/mol.